The summed E-state index contributed by atoms with van der Waals surface area (Å²) in [6, 6.07) is 2.10. The first-order valence-corrected chi connectivity index (χ1v) is 6.66. The molecule has 2 aliphatic rings. The van der Waals surface area contributed by atoms with E-state index < -0.39 is 6.09 Å². The zero-order valence-electron chi connectivity index (χ0n) is 10.9. The third kappa shape index (κ3) is 2.34. The Morgan fingerprint density at radius 2 is 2.05 bits per heavy atom. The molecule has 1 aliphatic heterocycles. The van der Waals surface area contributed by atoms with Gasteiger partial charge in [-0.3, -0.25) is 0 Å². The van der Waals surface area contributed by atoms with Crippen LogP contribution >= 0.6 is 0 Å². The van der Waals surface area contributed by atoms with Gasteiger partial charge in [0.05, 0.1) is 0 Å². The van der Waals surface area contributed by atoms with Gasteiger partial charge in [-0.05, 0) is 31.6 Å². The summed E-state index contributed by atoms with van der Waals surface area (Å²) in [5, 5.41) is 11.6. The van der Waals surface area contributed by atoms with Crippen molar-refractivity contribution in [1.29, 1.82) is 0 Å². The quantitative estimate of drug-likeness (QED) is 0.839. The Balaban J connectivity index is 1.75. The summed E-state index contributed by atoms with van der Waals surface area (Å²) in [6.45, 7) is 3.70. The van der Waals surface area contributed by atoms with Crippen molar-refractivity contribution in [2.75, 3.05) is 18.0 Å². The van der Waals surface area contributed by atoms with Crippen molar-refractivity contribution in [1.82, 2.24) is 15.3 Å². The van der Waals surface area contributed by atoms with Crippen molar-refractivity contribution >= 4 is 11.9 Å². The molecule has 1 aromatic rings. The second kappa shape index (κ2) is 4.68. The normalized spacial score (nSPS) is 29.3. The predicted octanol–water partition coefficient (Wildman–Crippen LogP) is 1.27. The number of nitrogens with zero attached hydrogens (tertiary/aromatic N) is 3. The van der Waals surface area contributed by atoms with Crippen LogP contribution in [0.1, 0.15) is 18.5 Å². The molecule has 0 unspecified atom stereocenters. The maximum Gasteiger partial charge on any atom is 0.404 e. The van der Waals surface area contributed by atoms with Crippen molar-refractivity contribution in [2.24, 2.45) is 11.8 Å². The third-order valence-electron chi connectivity index (χ3n) is 4.24. The minimum atomic E-state index is -0.909. The minimum Gasteiger partial charge on any atom is -0.465 e. The maximum atomic E-state index is 10.8. The number of hydrogen-bond donors (Lipinski definition) is 2. The van der Waals surface area contributed by atoms with Crippen LogP contribution in [0.2, 0.25) is 0 Å². The van der Waals surface area contributed by atoms with E-state index in [0.717, 1.165) is 37.4 Å². The molecule has 3 rings (SSSR count). The van der Waals surface area contributed by atoms with Crippen molar-refractivity contribution in [3.63, 3.8) is 0 Å². The highest BCUT2D eigenvalue weighted by atomic mass is 16.4. The van der Waals surface area contributed by atoms with E-state index in [1.165, 1.54) is 0 Å². The Hall–Kier alpha value is -1.85. The zero-order chi connectivity index (χ0) is 13.4. The number of hydrogen-bond acceptors (Lipinski definition) is 4. The van der Waals surface area contributed by atoms with E-state index in [1.54, 1.807) is 6.33 Å². The molecule has 2 N–H and O–H groups in total. The molecular formula is C13H18N4O2. The predicted molar refractivity (Wildman–Crippen MR) is 70.1 cm³/mol. The smallest absolute Gasteiger partial charge is 0.404 e. The lowest BCUT2D eigenvalue weighted by Crippen LogP contribution is -2.52. The summed E-state index contributed by atoms with van der Waals surface area (Å²) in [6.07, 6.45) is 2.87. The molecule has 2 heterocycles. The Morgan fingerprint density at radius 1 is 1.37 bits per heavy atom. The van der Waals surface area contributed by atoms with Crippen LogP contribution in [-0.2, 0) is 0 Å². The van der Waals surface area contributed by atoms with E-state index in [4.69, 9.17) is 5.11 Å². The Labute approximate surface area is 111 Å². The van der Waals surface area contributed by atoms with Gasteiger partial charge in [0.25, 0.3) is 0 Å². The van der Waals surface area contributed by atoms with Gasteiger partial charge in [-0.15, -0.1) is 0 Å². The summed E-state index contributed by atoms with van der Waals surface area (Å²) in [4.78, 5) is 21.5. The van der Waals surface area contributed by atoms with Crippen molar-refractivity contribution in [2.45, 2.75) is 25.8 Å². The molecule has 2 bridgehead atoms. The van der Waals surface area contributed by atoms with Gasteiger partial charge >= 0.3 is 6.09 Å². The van der Waals surface area contributed by atoms with Crippen molar-refractivity contribution in [3.05, 3.63) is 18.1 Å². The van der Waals surface area contributed by atoms with E-state index in [1.807, 2.05) is 13.0 Å². The SMILES string of the molecule is Cc1cc(N2C[C@H]3CC[C@@H](C2)[C@@H]3NC(=O)O)ncn1. The average Bonchev–Trinajstić information content (AvgIpc) is 2.61. The van der Waals surface area contributed by atoms with Gasteiger partial charge in [0, 0.05) is 30.9 Å². The van der Waals surface area contributed by atoms with Gasteiger partial charge in [0.2, 0.25) is 0 Å². The van der Waals surface area contributed by atoms with E-state index in [2.05, 4.69) is 20.2 Å². The Morgan fingerprint density at radius 3 is 2.63 bits per heavy atom. The molecule has 6 heteroatoms. The first-order valence-electron chi connectivity index (χ1n) is 6.66. The monoisotopic (exact) mass is 262 g/mol. The standard InChI is InChI=1S/C13H18N4O2/c1-8-4-11(15-7-14-8)17-5-9-2-3-10(6-17)12(9)16-13(18)19/h4,7,9-10,12,16H,2-3,5-6H2,1H3,(H,18,19)/t9-,10+,12-. The molecular weight excluding hydrogens is 244 g/mol. The number of rotatable bonds is 2. The fourth-order valence-corrected chi connectivity index (χ4v) is 3.40. The lowest BCUT2D eigenvalue weighted by Gasteiger charge is -2.38. The number of amides is 1. The van der Waals surface area contributed by atoms with E-state index >= 15 is 0 Å². The van der Waals surface area contributed by atoms with E-state index in [0.29, 0.717) is 11.8 Å². The molecule has 0 radical (unpaired) electrons. The highest BCUT2D eigenvalue weighted by molar-refractivity contribution is 5.65. The van der Waals surface area contributed by atoms with Gasteiger partial charge in [-0.1, -0.05) is 0 Å². The van der Waals surface area contributed by atoms with E-state index in [9.17, 15) is 4.79 Å². The number of carboxylic acid groups (broad SMARTS) is 1. The summed E-state index contributed by atoms with van der Waals surface area (Å²) in [7, 11) is 0. The molecule has 0 aromatic carbocycles. The Bertz CT molecular complexity index is 479. The zero-order valence-corrected chi connectivity index (χ0v) is 10.9. The number of aromatic nitrogens is 2. The highest BCUT2D eigenvalue weighted by Gasteiger charge is 2.43. The van der Waals surface area contributed by atoms with Crippen LogP contribution in [0.5, 0.6) is 0 Å². The third-order valence-corrected chi connectivity index (χ3v) is 4.24. The summed E-state index contributed by atoms with van der Waals surface area (Å²) in [5.74, 6) is 1.74. The average molecular weight is 262 g/mol. The molecule has 0 spiro atoms. The molecule has 6 nitrogen and oxygen atoms in total. The fourth-order valence-electron chi connectivity index (χ4n) is 3.40. The van der Waals surface area contributed by atoms with Gasteiger partial charge in [-0.2, -0.15) is 0 Å². The number of fused-ring (bicyclic) bond motifs is 2. The van der Waals surface area contributed by atoms with Crippen LogP contribution in [0, 0.1) is 18.8 Å². The first kappa shape index (κ1) is 12.2. The van der Waals surface area contributed by atoms with Crippen LogP contribution in [0.3, 0.4) is 0 Å². The van der Waals surface area contributed by atoms with Crippen LogP contribution in [-0.4, -0.2) is 40.3 Å². The maximum absolute atomic E-state index is 10.8. The number of nitrogens with one attached hydrogen (secondary N) is 1. The van der Waals surface area contributed by atoms with Crippen LogP contribution < -0.4 is 10.2 Å². The molecule has 1 amide bonds. The van der Waals surface area contributed by atoms with Crippen LogP contribution in [0.15, 0.2) is 12.4 Å². The van der Waals surface area contributed by atoms with E-state index in [-0.39, 0.29) is 6.04 Å². The number of carbonyl (C=O) groups is 1. The molecule has 1 saturated heterocycles. The van der Waals surface area contributed by atoms with Gasteiger partial charge in [-0.25, -0.2) is 14.8 Å². The van der Waals surface area contributed by atoms with Crippen molar-refractivity contribution in [3.8, 4) is 0 Å². The fraction of sp³-hybridized carbons (Fsp3) is 0.615. The van der Waals surface area contributed by atoms with Gasteiger partial charge in [0.1, 0.15) is 12.1 Å². The lowest BCUT2D eigenvalue weighted by molar-refractivity contribution is 0.178. The molecule has 102 valence electrons. The molecule has 1 aliphatic carbocycles. The summed E-state index contributed by atoms with van der Waals surface area (Å²) in [5.41, 5.74) is 0.961. The Kier molecular flexibility index (Phi) is 3.00. The van der Waals surface area contributed by atoms with Crippen LogP contribution in [0.4, 0.5) is 10.6 Å². The lowest BCUT2D eigenvalue weighted by atomic mass is 9.92. The molecule has 2 fully saturated rings. The summed E-state index contributed by atoms with van der Waals surface area (Å²) >= 11 is 0. The van der Waals surface area contributed by atoms with Crippen molar-refractivity contribution < 1.29 is 9.90 Å². The second-order valence-electron chi connectivity index (χ2n) is 5.50. The molecule has 1 saturated carbocycles. The molecule has 3 atom stereocenters. The molecule has 1 aromatic heterocycles. The number of aryl methyl sites for hydroxylation is 1. The minimum absolute atomic E-state index is 0.108. The topological polar surface area (TPSA) is 78.4 Å². The number of piperidine rings is 1. The highest BCUT2D eigenvalue weighted by Crippen LogP contribution is 2.38. The second-order valence-corrected chi connectivity index (χ2v) is 5.50. The number of anilines is 1. The molecule has 19 heavy (non-hydrogen) atoms. The van der Waals surface area contributed by atoms with Gasteiger partial charge < -0.3 is 15.3 Å². The van der Waals surface area contributed by atoms with Crippen LogP contribution in [0.25, 0.3) is 0 Å². The summed E-state index contributed by atoms with van der Waals surface area (Å²) < 4.78 is 0. The van der Waals surface area contributed by atoms with Gasteiger partial charge in [0.15, 0.2) is 0 Å². The largest absolute Gasteiger partial charge is 0.465 e. The first-order chi connectivity index (χ1) is 9.13.